The lowest BCUT2D eigenvalue weighted by Crippen LogP contribution is -2.11. The number of unbranched alkanes of at least 4 members (excludes halogenated alkanes) is 5. The van der Waals surface area contributed by atoms with Crippen LogP contribution in [0.1, 0.15) is 51.4 Å². The Morgan fingerprint density at radius 1 is 0.605 bits per heavy atom. The molecule has 10 heteroatoms. The van der Waals surface area contributed by atoms with E-state index in [-0.39, 0.29) is 11.8 Å². The van der Waals surface area contributed by atoms with E-state index >= 15 is 0 Å². The molecule has 2 aromatic carbocycles. The summed E-state index contributed by atoms with van der Waals surface area (Å²) in [5.74, 6) is 0.00714. The predicted octanol–water partition coefficient (Wildman–Crippen LogP) is 9.16. The number of nitrogens with one attached hydrogen (secondary N) is 2. The Kier molecular flexibility index (Phi) is 11.0. The quantitative estimate of drug-likeness (QED) is 0.138. The molecule has 4 rings (SSSR count). The molecule has 0 bridgehead atoms. The van der Waals surface area contributed by atoms with Crippen molar-refractivity contribution in [2.75, 3.05) is 10.6 Å². The molecule has 0 aliphatic carbocycles. The van der Waals surface area contributed by atoms with E-state index in [0.717, 1.165) is 70.0 Å². The van der Waals surface area contributed by atoms with Crippen LogP contribution in [0.25, 0.3) is 22.5 Å². The van der Waals surface area contributed by atoms with Gasteiger partial charge in [0.2, 0.25) is 11.8 Å². The molecule has 0 saturated heterocycles. The van der Waals surface area contributed by atoms with Gasteiger partial charge in [-0.2, -0.15) is 0 Å². The molecule has 0 aliphatic rings. The Morgan fingerprint density at radius 3 is 1.37 bits per heavy atom. The maximum absolute atomic E-state index is 12.3. The molecular formula is C28H28Br2N4O2S2. The summed E-state index contributed by atoms with van der Waals surface area (Å²) in [4.78, 5) is 33.6. The fourth-order valence-electron chi connectivity index (χ4n) is 3.81. The van der Waals surface area contributed by atoms with Gasteiger partial charge in [-0.15, -0.1) is 22.7 Å². The van der Waals surface area contributed by atoms with Crippen molar-refractivity contribution in [3.8, 4) is 22.5 Å². The highest BCUT2D eigenvalue weighted by molar-refractivity contribution is 9.10. The van der Waals surface area contributed by atoms with E-state index < -0.39 is 0 Å². The van der Waals surface area contributed by atoms with E-state index in [9.17, 15) is 9.59 Å². The van der Waals surface area contributed by atoms with Crippen molar-refractivity contribution >= 4 is 76.6 Å². The lowest BCUT2D eigenvalue weighted by atomic mass is 10.1. The van der Waals surface area contributed by atoms with Crippen molar-refractivity contribution in [2.45, 2.75) is 51.4 Å². The average Bonchev–Trinajstić information content (AvgIpc) is 3.56. The second-order valence-electron chi connectivity index (χ2n) is 8.81. The van der Waals surface area contributed by atoms with Crippen LogP contribution in [-0.2, 0) is 9.59 Å². The highest BCUT2D eigenvalue weighted by atomic mass is 79.9. The smallest absolute Gasteiger partial charge is 0.226 e. The fourth-order valence-corrected chi connectivity index (χ4v) is 5.81. The maximum atomic E-state index is 12.3. The lowest BCUT2D eigenvalue weighted by molar-refractivity contribution is -0.117. The number of thiazole rings is 2. The van der Waals surface area contributed by atoms with Crippen molar-refractivity contribution < 1.29 is 9.59 Å². The number of hydrogen-bond donors (Lipinski definition) is 2. The third kappa shape index (κ3) is 9.11. The third-order valence-electron chi connectivity index (χ3n) is 5.84. The zero-order valence-electron chi connectivity index (χ0n) is 20.7. The Morgan fingerprint density at radius 2 is 0.974 bits per heavy atom. The first-order valence-corrected chi connectivity index (χ1v) is 15.8. The SMILES string of the molecule is O=C(CCCCCCCCC(=O)Nc1nc(-c2ccc(Br)cc2)cs1)Nc1nc(-c2ccc(Br)cc2)cs1. The van der Waals surface area contributed by atoms with Crippen LogP contribution in [0.5, 0.6) is 0 Å². The number of hydrogen-bond acceptors (Lipinski definition) is 6. The average molecular weight is 677 g/mol. The van der Waals surface area contributed by atoms with E-state index in [1.165, 1.54) is 22.7 Å². The van der Waals surface area contributed by atoms with Crippen molar-refractivity contribution in [3.05, 3.63) is 68.2 Å². The molecule has 2 aromatic heterocycles. The van der Waals surface area contributed by atoms with Crippen molar-refractivity contribution in [3.63, 3.8) is 0 Å². The minimum absolute atomic E-state index is 0.00357. The molecule has 4 aromatic rings. The number of carbonyl (C=O) groups is 2. The number of rotatable bonds is 13. The first-order chi connectivity index (χ1) is 18.5. The standard InChI is InChI=1S/C28H28Br2N4O2S2/c29-21-13-9-19(10-14-21)23-17-37-27(31-23)33-25(35)7-5-3-1-2-4-6-8-26(36)34-28-32-24(18-38-28)20-11-15-22(30)16-12-20/h9-18H,1-8H2,(H,31,33,35)(H,32,34,36). The van der Waals surface area contributed by atoms with Crippen LogP contribution in [0.15, 0.2) is 68.2 Å². The molecule has 0 radical (unpaired) electrons. The summed E-state index contributed by atoms with van der Waals surface area (Å²) in [5, 5.41) is 11.0. The van der Waals surface area contributed by atoms with Crippen molar-refractivity contribution in [1.82, 2.24) is 9.97 Å². The number of amides is 2. The number of aromatic nitrogens is 2. The predicted molar refractivity (Wildman–Crippen MR) is 165 cm³/mol. The number of carbonyl (C=O) groups excluding carboxylic acids is 2. The van der Waals surface area contributed by atoms with Gasteiger partial charge in [0.1, 0.15) is 0 Å². The normalized spacial score (nSPS) is 10.9. The van der Waals surface area contributed by atoms with Gasteiger partial charge in [-0.05, 0) is 37.1 Å². The van der Waals surface area contributed by atoms with Gasteiger partial charge in [-0.25, -0.2) is 9.97 Å². The molecule has 2 amide bonds. The highest BCUT2D eigenvalue weighted by Gasteiger charge is 2.10. The first-order valence-electron chi connectivity index (χ1n) is 12.5. The molecule has 38 heavy (non-hydrogen) atoms. The zero-order chi connectivity index (χ0) is 26.7. The number of halogens is 2. The number of nitrogens with zero attached hydrogens (tertiary/aromatic N) is 2. The van der Waals surface area contributed by atoms with Crippen molar-refractivity contribution in [1.29, 1.82) is 0 Å². The Labute approximate surface area is 247 Å². The van der Waals surface area contributed by atoms with Crippen LogP contribution in [0.4, 0.5) is 10.3 Å². The molecule has 0 saturated carbocycles. The maximum Gasteiger partial charge on any atom is 0.226 e. The minimum Gasteiger partial charge on any atom is -0.302 e. The zero-order valence-corrected chi connectivity index (χ0v) is 25.5. The summed E-state index contributed by atoms with van der Waals surface area (Å²) in [6, 6.07) is 15.9. The third-order valence-corrected chi connectivity index (χ3v) is 8.41. The summed E-state index contributed by atoms with van der Waals surface area (Å²) in [5.41, 5.74) is 3.78. The molecule has 2 N–H and O–H groups in total. The molecule has 0 fully saturated rings. The second-order valence-corrected chi connectivity index (χ2v) is 12.4. The molecular weight excluding hydrogens is 648 g/mol. The van der Waals surface area contributed by atoms with Crippen LogP contribution in [-0.4, -0.2) is 21.8 Å². The minimum atomic E-state index is 0.00357. The lowest BCUT2D eigenvalue weighted by Gasteiger charge is -2.04. The molecule has 198 valence electrons. The molecule has 0 aliphatic heterocycles. The van der Waals surface area contributed by atoms with Gasteiger partial charge in [0.15, 0.2) is 10.3 Å². The van der Waals surface area contributed by atoms with Gasteiger partial charge < -0.3 is 10.6 Å². The van der Waals surface area contributed by atoms with E-state index in [4.69, 9.17) is 0 Å². The topological polar surface area (TPSA) is 84.0 Å². The van der Waals surface area contributed by atoms with E-state index in [2.05, 4.69) is 52.5 Å². The molecule has 6 nitrogen and oxygen atoms in total. The van der Waals surface area contributed by atoms with Crippen LogP contribution in [0.3, 0.4) is 0 Å². The van der Waals surface area contributed by atoms with Crippen LogP contribution in [0, 0.1) is 0 Å². The fraction of sp³-hybridized carbons (Fsp3) is 0.286. The first kappa shape index (κ1) is 28.6. The van der Waals surface area contributed by atoms with Gasteiger partial charge in [0, 0.05) is 43.7 Å². The van der Waals surface area contributed by atoms with Gasteiger partial charge in [-0.1, -0.05) is 81.8 Å². The van der Waals surface area contributed by atoms with Gasteiger partial charge in [0.05, 0.1) is 11.4 Å². The Bertz CT molecular complexity index is 1230. The number of benzene rings is 2. The van der Waals surface area contributed by atoms with Crippen LogP contribution >= 0.6 is 54.5 Å². The summed E-state index contributed by atoms with van der Waals surface area (Å²) >= 11 is 9.75. The Hall–Kier alpha value is -2.40. The van der Waals surface area contributed by atoms with Gasteiger partial charge in [0.25, 0.3) is 0 Å². The Balaban J connectivity index is 1.04. The summed E-state index contributed by atoms with van der Waals surface area (Å²) in [6.45, 7) is 0. The van der Waals surface area contributed by atoms with Crippen LogP contribution in [0.2, 0.25) is 0 Å². The molecule has 0 unspecified atom stereocenters. The summed E-state index contributed by atoms with van der Waals surface area (Å²) < 4.78 is 2.04. The van der Waals surface area contributed by atoms with Crippen molar-refractivity contribution in [2.24, 2.45) is 0 Å². The van der Waals surface area contributed by atoms with E-state index in [1.54, 1.807) is 0 Å². The molecule has 2 heterocycles. The molecule has 0 atom stereocenters. The van der Waals surface area contributed by atoms with Crippen LogP contribution < -0.4 is 10.6 Å². The van der Waals surface area contributed by atoms with E-state index in [0.29, 0.717) is 23.1 Å². The monoisotopic (exact) mass is 674 g/mol. The van der Waals surface area contributed by atoms with Gasteiger partial charge in [-0.3, -0.25) is 9.59 Å². The summed E-state index contributed by atoms with van der Waals surface area (Å²) in [7, 11) is 0. The van der Waals surface area contributed by atoms with E-state index in [1.807, 2.05) is 59.3 Å². The number of anilines is 2. The summed E-state index contributed by atoms with van der Waals surface area (Å²) in [6.07, 6.45) is 6.80. The highest BCUT2D eigenvalue weighted by Crippen LogP contribution is 2.27. The molecule has 0 spiro atoms. The van der Waals surface area contributed by atoms with Gasteiger partial charge >= 0.3 is 0 Å². The largest absolute Gasteiger partial charge is 0.302 e. The second kappa shape index (κ2) is 14.7.